The monoisotopic (exact) mass is 388 g/mol. The van der Waals surface area contributed by atoms with Crippen molar-refractivity contribution in [1.29, 1.82) is 0 Å². The molecule has 1 aliphatic carbocycles. The predicted octanol–water partition coefficient (Wildman–Crippen LogP) is 4.66. The fourth-order valence-electron chi connectivity index (χ4n) is 3.91. The van der Waals surface area contributed by atoms with Crippen LogP contribution in [0.25, 0.3) is 22.2 Å². The molecule has 2 N–H and O–H groups in total. The molecule has 5 nitrogen and oxygen atoms in total. The third-order valence-corrected chi connectivity index (χ3v) is 6.18. The Morgan fingerprint density at radius 2 is 2.04 bits per heavy atom. The summed E-state index contributed by atoms with van der Waals surface area (Å²) in [5, 5.41) is 11.8. The van der Waals surface area contributed by atoms with Crippen LogP contribution in [0.5, 0.6) is 0 Å². The zero-order valence-electron chi connectivity index (χ0n) is 15.6. The summed E-state index contributed by atoms with van der Waals surface area (Å²) >= 11 is 1.52. The third kappa shape index (κ3) is 3.10. The second-order valence-electron chi connectivity index (χ2n) is 7.21. The number of nitrogens with one attached hydrogen (secondary N) is 2. The molecule has 0 bridgehead atoms. The van der Waals surface area contributed by atoms with Gasteiger partial charge in [0.1, 0.15) is 0 Å². The topological polar surface area (TPSA) is 70.7 Å². The number of carbonyl (C=O) groups excluding carboxylic acids is 1. The minimum Gasteiger partial charge on any atom is -0.302 e. The Hall–Kier alpha value is -2.99. The lowest BCUT2D eigenvalue weighted by Gasteiger charge is -2.03. The Balaban J connectivity index is 1.35. The van der Waals surface area contributed by atoms with Crippen molar-refractivity contribution in [3.05, 3.63) is 64.2 Å². The highest BCUT2D eigenvalue weighted by Gasteiger charge is 2.17. The van der Waals surface area contributed by atoms with Crippen LogP contribution in [0.3, 0.4) is 0 Å². The second-order valence-corrected chi connectivity index (χ2v) is 8.41. The fraction of sp³-hybridized carbons (Fsp3) is 0.227. The van der Waals surface area contributed by atoms with Crippen LogP contribution in [0.15, 0.2) is 42.5 Å². The number of aromatic nitrogens is 3. The van der Waals surface area contributed by atoms with Gasteiger partial charge in [0.15, 0.2) is 5.13 Å². The smallest absolute Gasteiger partial charge is 0.232 e. The summed E-state index contributed by atoms with van der Waals surface area (Å²) < 4.78 is 0. The minimum atomic E-state index is -0.0938. The van der Waals surface area contributed by atoms with Crippen molar-refractivity contribution >= 4 is 33.3 Å². The largest absolute Gasteiger partial charge is 0.302 e. The molecule has 6 heteroatoms. The molecule has 0 radical (unpaired) electrons. The summed E-state index contributed by atoms with van der Waals surface area (Å²) in [4.78, 5) is 18.4. The highest BCUT2D eigenvalue weighted by molar-refractivity contribution is 7.16. The molecule has 2 heterocycles. The highest BCUT2D eigenvalue weighted by atomic mass is 32.1. The normalized spacial score (nSPS) is 13.0. The lowest BCUT2D eigenvalue weighted by Crippen LogP contribution is -2.14. The van der Waals surface area contributed by atoms with E-state index in [0.29, 0.717) is 5.13 Å². The van der Waals surface area contributed by atoms with Crippen molar-refractivity contribution in [2.24, 2.45) is 0 Å². The molecular weight excluding hydrogens is 368 g/mol. The lowest BCUT2D eigenvalue weighted by molar-refractivity contribution is -0.115. The van der Waals surface area contributed by atoms with Gasteiger partial charge in [-0.1, -0.05) is 30.3 Å². The minimum absolute atomic E-state index is 0.0938. The molecule has 1 amide bonds. The number of benzene rings is 2. The van der Waals surface area contributed by atoms with Crippen LogP contribution in [0.4, 0.5) is 5.13 Å². The summed E-state index contributed by atoms with van der Waals surface area (Å²) in [5.74, 6) is -0.0938. The van der Waals surface area contributed by atoms with E-state index < -0.39 is 0 Å². The first-order valence-corrected chi connectivity index (χ1v) is 10.3. The molecule has 1 aliphatic rings. The summed E-state index contributed by atoms with van der Waals surface area (Å²) in [7, 11) is 0. The second kappa shape index (κ2) is 6.87. The Kier molecular flexibility index (Phi) is 4.20. The van der Waals surface area contributed by atoms with Gasteiger partial charge in [0.2, 0.25) is 5.91 Å². The van der Waals surface area contributed by atoms with E-state index in [-0.39, 0.29) is 12.3 Å². The molecule has 4 aromatic rings. The molecular formula is C22H20N4OS. The van der Waals surface area contributed by atoms with Crippen LogP contribution in [-0.4, -0.2) is 21.1 Å². The Morgan fingerprint density at radius 1 is 1.18 bits per heavy atom. The first kappa shape index (κ1) is 17.1. The Labute approximate surface area is 166 Å². The van der Waals surface area contributed by atoms with Gasteiger partial charge in [-0.05, 0) is 49.4 Å². The SMILES string of the molecule is Cc1sc(NC(=O)Cc2[nH]nc3ccccc23)nc1-c1ccc2c(c1)CCC2. The maximum absolute atomic E-state index is 12.5. The van der Waals surface area contributed by atoms with Crippen LogP contribution >= 0.6 is 11.3 Å². The highest BCUT2D eigenvalue weighted by Crippen LogP contribution is 2.33. The molecule has 0 atom stereocenters. The van der Waals surface area contributed by atoms with Crippen LogP contribution in [0.1, 0.15) is 28.1 Å². The number of carbonyl (C=O) groups is 1. The van der Waals surface area contributed by atoms with Gasteiger partial charge in [-0.15, -0.1) is 11.3 Å². The van der Waals surface area contributed by atoms with Crippen molar-refractivity contribution in [1.82, 2.24) is 15.2 Å². The fourth-order valence-corrected chi connectivity index (χ4v) is 4.76. The van der Waals surface area contributed by atoms with Crippen LogP contribution in [0.2, 0.25) is 0 Å². The first-order valence-electron chi connectivity index (χ1n) is 9.49. The molecule has 0 fully saturated rings. The number of para-hydroxylation sites is 1. The van der Waals surface area contributed by atoms with Crippen molar-refractivity contribution in [2.75, 3.05) is 5.32 Å². The van der Waals surface area contributed by atoms with Crippen molar-refractivity contribution in [2.45, 2.75) is 32.6 Å². The average Bonchev–Trinajstić information content (AvgIpc) is 3.40. The van der Waals surface area contributed by atoms with Gasteiger partial charge >= 0.3 is 0 Å². The molecule has 0 saturated heterocycles. The quantitative estimate of drug-likeness (QED) is 0.534. The number of hydrogen-bond donors (Lipinski definition) is 2. The van der Waals surface area contributed by atoms with Gasteiger partial charge in [-0.25, -0.2) is 4.98 Å². The Morgan fingerprint density at radius 3 is 2.96 bits per heavy atom. The van der Waals surface area contributed by atoms with Crippen molar-refractivity contribution in [3.8, 4) is 11.3 Å². The van der Waals surface area contributed by atoms with Gasteiger partial charge in [0.25, 0.3) is 0 Å². The summed E-state index contributed by atoms with van der Waals surface area (Å²) in [6.45, 7) is 2.05. The van der Waals surface area contributed by atoms with E-state index in [9.17, 15) is 4.79 Å². The number of fused-ring (bicyclic) bond motifs is 2. The molecule has 0 unspecified atom stereocenters. The molecule has 28 heavy (non-hydrogen) atoms. The number of thiazole rings is 1. The number of amides is 1. The van der Waals surface area contributed by atoms with Gasteiger partial charge in [-0.2, -0.15) is 5.10 Å². The summed E-state index contributed by atoms with van der Waals surface area (Å²) in [6.07, 6.45) is 3.80. The van der Waals surface area contributed by atoms with Gasteiger partial charge in [0, 0.05) is 15.8 Å². The number of H-pyrrole nitrogens is 1. The Bertz CT molecular complexity index is 1190. The van der Waals surface area contributed by atoms with E-state index >= 15 is 0 Å². The first-order chi connectivity index (χ1) is 13.7. The van der Waals surface area contributed by atoms with Gasteiger partial charge in [0.05, 0.1) is 23.3 Å². The number of hydrogen-bond acceptors (Lipinski definition) is 4. The van der Waals surface area contributed by atoms with E-state index in [1.165, 1.54) is 35.3 Å². The molecule has 140 valence electrons. The number of aryl methyl sites for hydroxylation is 3. The summed E-state index contributed by atoms with van der Waals surface area (Å²) in [6, 6.07) is 14.4. The van der Waals surface area contributed by atoms with E-state index in [4.69, 9.17) is 4.98 Å². The lowest BCUT2D eigenvalue weighted by atomic mass is 10.0. The molecule has 0 aliphatic heterocycles. The molecule has 0 spiro atoms. The number of rotatable bonds is 4. The van der Waals surface area contributed by atoms with Crippen molar-refractivity contribution in [3.63, 3.8) is 0 Å². The molecule has 2 aromatic heterocycles. The molecule has 5 rings (SSSR count). The van der Waals surface area contributed by atoms with E-state index in [1.807, 2.05) is 24.3 Å². The van der Waals surface area contributed by atoms with Crippen molar-refractivity contribution < 1.29 is 4.79 Å². The van der Waals surface area contributed by atoms with Crippen LogP contribution in [-0.2, 0) is 24.1 Å². The maximum Gasteiger partial charge on any atom is 0.232 e. The zero-order chi connectivity index (χ0) is 19.1. The predicted molar refractivity (Wildman–Crippen MR) is 113 cm³/mol. The zero-order valence-corrected chi connectivity index (χ0v) is 16.4. The molecule has 2 aromatic carbocycles. The molecule has 0 saturated carbocycles. The van der Waals surface area contributed by atoms with Gasteiger partial charge in [-0.3, -0.25) is 9.89 Å². The average molecular weight is 388 g/mol. The van der Waals surface area contributed by atoms with E-state index in [0.717, 1.165) is 39.2 Å². The van der Waals surface area contributed by atoms with Crippen LogP contribution < -0.4 is 5.32 Å². The van der Waals surface area contributed by atoms with E-state index in [2.05, 4.69) is 40.6 Å². The van der Waals surface area contributed by atoms with Gasteiger partial charge < -0.3 is 5.32 Å². The van der Waals surface area contributed by atoms with E-state index in [1.54, 1.807) is 0 Å². The number of anilines is 1. The third-order valence-electron chi connectivity index (χ3n) is 5.29. The summed E-state index contributed by atoms with van der Waals surface area (Å²) in [5.41, 5.74) is 6.67. The standard InChI is InChI=1S/C22H20N4OS/c1-13-21(16-10-9-14-5-4-6-15(14)11-16)24-22(28-13)23-20(27)12-19-17-7-2-3-8-18(17)25-26-19/h2-3,7-11H,4-6,12H2,1H3,(H,25,26)(H,23,24,27). The number of aromatic amines is 1. The maximum atomic E-state index is 12.5. The van der Waals surface area contributed by atoms with Crippen LogP contribution in [0, 0.1) is 6.92 Å². The number of nitrogens with zero attached hydrogens (tertiary/aromatic N) is 2.